The molecule has 0 aliphatic carbocycles. The van der Waals surface area contributed by atoms with Crippen LogP contribution >= 0.6 is 0 Å². The smallest absolute Gasteiger partial charge is 0.340 e. The van der Waals surface area contributed by atoms with Crippen LogP contribution in [0.1, 0.15) is 38.9 Å². The molecule has 164 valence electrons. The minimum atomic E-state index is -1.08. The van der Waals surface area contributed by atoms with Gasteiger partial charge < -0.3 is 14.9 Å². The lowest BCUT2D eigenvalue weighted by Crippen LogP contribution is -2.47. The number of benzene rings is 2. The third-order valence-electron chi connectivity index (χ3n) is 5.31. The van der Waals surface area contributed by atoms with Crippen molar-refractivity contribution in [1.82, 2.24) is 9.13 Å². The Balaban J connectivity index is 1.91. The van der Waals surface area contributed by atoms with Gasteiger partial charge in [-0.2, -0.15) is 4.57 Å². The fourth-order valence-electron chi connectivity index (χ4n) is 3.62. The van der Waals surface area contributed by atoms with Gasteiger partial charge in [0, 0.05) is 23.7 Å². The Morgan fingerprint density at radius 2 is 1.56 bits per heavy atom. The SMILES string of the molecule is O=C(c1ccccc1)c1cn([C@@H]2CC(O)[C@H](CO)O2)c(=O)n(C(=O)c2ccccc2)c1=O. The normalized spacial score (nSPS) is 20.2. The van der Waals surface area contributed by atoms with E-state index in [-0.39, 0.29) is 17.5 Å². The first-order chi connectivity index (χ1) is 15.4. The lowest BCUT2D eigenvalue weighted by Gasteiger charge is -2.17. The van der Waals surface area contributed by atoms with Crippen LogP contribution in [0.2, 0.25) is 0 Å². The number of hydrogen-bond acceptors (Lipinski definition) is 7. The summed E-state index contributed by atoms with van der Waals surface area (Å²) in [5.41, 5.74) is -2.17. The van der Waals surface area contributed by atoms with Crippen molar-refractivity contribution in [2.45, 2.75) is 24.9 Å². The number of ketones is 1. The summed E-state index contributed by atoms with van der Waals surface area (Å²) in [6.45, 7) is -0.481. The minimum Gasteiger partial charge on any atom is -0.394 e. The first-order valence-electron chi connectivity index (χ1n) is 9.94. The number of carbonyl (C=O) groups excluding carboxylic acids is 2. The molecule has 2 N–H and O–H groups in total. The van der Waals surface area contributed by atoms with Crippen molar-refractivity contribution in [2.24, 2.45) is 0 Å². The number of aliphatic hydroxyl groups excluding tert-OH is 2. The summed E-state index contributed by atoms with van der Waals surface area (Å²) in [6.07, 6.45) is -2.10. The third kappa shape index (κ3) is 3.84. The van der Waals surface area contributed by atoms with Crippen LogP contribution in [0.25, 0.3) is 0 Å². The van der Waals surface area contributed by atoms with Gasteiger partial charge in [0.1, 0.15) is 17.9 Å². The molecule has 1 aromatic heterocycles. The molecule has 0 saturated carbocycles. The van der Waals surface area contributed by atoms with Crippen LogP contribution in [-0.4, -0.2) is 49.9 Å². The molecule has 9 nitrogen and oxygen atoms in total. The van der Waals surface area contributed by atoms with Crippen molar-refractivity contribution in [3.63, 3.8) is 0 Å². The topological polar surface area (TPSA) is 128 Å². The molecule has 3 atom stereocenters. The van der Waals surface area contributed by atoms with Gasteiger partial charge in [-0.25, -0.2) is 4.79 Å². The standard InChI is InChI=1S/C23H20N2O7/c26-13-18-17(27)11-19(32-18)24-12-16(20(28)14-7-3-1-4-8-14)22(30)25(23(24)31)21(29)15-9-5-2-6-10-15/h1-10,12,17-19,26-27H,11,13H2/t17?,18-,19-/m0/s1. The number of aromatic nitrogens is 2. The molecule has 3 aromatic rings. The van der Waals surface area contributed by atoms with Gasteiger partial charge >= 0.3 is 5.69 Å². The van der Waals surface area contributed by atoms with Gasteiger partial charge in [-0.05, 0) is 12.1 Å². The van der Waals surface area contributed by atoms with E-state index < -0.39 is 53.5 Å². The molecule has 0 amide bonds. The van der Waals surface area contributed by atoms with Gasteiger partial charge in [-0.15, -0.1) is 0 Å². The van der Waals surface area contributed by atoms with Crippen molar-refractivity contribution >= 4 is 11.7 Å². The highest BCUT2D eigenvalue weighted by Gasteiger charge is 2.36. The third-order valence-corrected chi connectivity index (χ3v) is 5.31. The highest BCUT2D eigenvalue weighted by molar-refractivity contribution is 6.09. The average molecular weight is 436 g/mol. The van der Waals surface area contributed by atoms with E-state index in [1.54, 1.807) is 36.4 Å². The second-order valence-corrected chi connectivity index (χ2v) is 7.35. The number of ether oxygens (including phenoxy) is 1. The minimum absolute atomic E-state index is 0.0676. The van der Waals surface area contributed by atoms with Crippen LogP contribution < -0.4 is 11.2 Å². The van der Waals surface area contributed by atoms with Crippen LogP contribution in [0.4, 0.5) is 0 Å². The van der Waals surface area contributed by atoms with E-state index in [9.17, 15) is 29.4 Å². The van der Waals surface area contributed by atoms with Gasteiger partial charge in [0.05, 0.1) is 12.7 Å². The second-order valence-electron chi connectivity index (χ2n) is 7.35. The number of hydrogen-bond donors (Lipinski definition) is 2. The summed E-state index contributed by atoms with van der Waals surface area (Å²) < 4.78 is 6.87. The summed E-state index contributed by atoms with van der Waals surface area (Å²) in [4.78, 5) is 52.5. The van der Waals surface area contributed by atoms with Gasteiger partial charge in [0.2, 0.25) is 0 Å². The molecule has 2 heterocycles. The van der Waals surface area contributed by atoms with Crippen LogP contribution in [0, 0.1) is 0 Å². The Morgan fingerprint density at radius 3 is 2.12 bits per heavy atom. The molecule has 1 saturated heterocycles. The molecule has 1 unspecified atom stereocenters. The zero-order valence-corrected chi connectivity index (χ0v) is 16.8. The maximum Gasteiger partial charge on any atom is 0.340 e. The lowest BCUT2D eigenvalue weighted by atomic mass is 10.1. The second kappa shape index (κ2) is 8.83. The van der Waals surface area contributed by atoms with Crippen LogP contribution in [0.3, 0.4) is 0 Å². The fraction of sp³-hybridized carbons (Fsp3) is 0.217. The van der Waals surface area contributed by atoms with E-state index in [0.29, 0.717) is 4.57 Å². The van der Waals surface area contributed by atoms with Gasteiger partial charge in [0.15, 0.2) is 5.78 Å². The van der Waals surface area contributed by atoms with Crippen LogP contribution in [0.5, 0.6) is 0 Å². The van der Waals surface area contributed by atoms with Crippen molar-refractivity contribution in [2.75, 3.05) is 6.61 Å². The van der Waals surface area contributed by atoms with Gasteiger partial charge in [-0.3, -0.25) is 19.0 Å². The first-order valence-corrected chi connectivity index (χ1v) is 9.94. The zero-order chi connectivity index (χ0) is 22.8. The largest absolute Gasteiger partial charge is 0.394 e. The van der Waals surface area contributed by atoms with E-state index in [2.05, 4.69) is 0 Å². The number of aliphatic hydroxyl groups is 2. The lowest BCUT2D eigenvalue weighted by molar-refractivity contribution is -0.0462. The first kappa shape index (κ1) is 21.6. The summed E-state index contributed by atoms with van der Waals surface area (Å²) in [6, 6.07) is 15.7. The van der Waals surface area contributed by atoms with E-state index in [0.717, 1.165) is 10.8 Å². The number of carbonyl (C=O) groups is 2. The summed E-state index contributed by atoms with van der Waals surface area (Å²) in [5.74, 6) is -1.56. The zero-order valence-electron chi connectivity index (χ0n) is 16.8. The van der Waals surface area contributed by atoms with Gasteiger partial charge in [-0.1, -0.05) is 48.5 Å². The highest BCUT2D eigenvalue weighted by atomic mass is 16.5. The molecule has 0 radical (unpaired) electrons. The molecule has 32 heavy (non-hydrogen) atoms. The van der Waals surface area contributed by atoms with Gasteiger partial charge in [0.25, 0.3) is 11.5 Å². The monoisotopic (exact) mass is 436 g/mol. The average Bonchev–Trinajstić information content (AvgIpc) is 3.20. The summed E-state index contributed by atoms with van der Waals surface area (Å²) in [7, 11) is 0. The van der Waals surface area contributed by atoms with Crippen LogP contribution in [-0.2, 0) is 4.74 Å². The Kier molecular flexibility index (Phi) is 5.95. The molecule has 0 bridgehead atoms. The molecule has 0 spiro atoms. The maximum atomic E-state index is 13.2. The Morgan fingerprint density at radius 1 is 0.969 bits per heavy atom. The van der Waals surface area contributed by atoms with E-state index >= 15 is 0 Å². The van der Waals surface area contributed by atoms with Crippen LogP contribution in [0.15, 0.2) is 76.4 Å². The van der Waals surface area contributed by atoms with Crippen molar-refractivity contribution in [3.05, 3.63) is 104 Å². The predicted molar refractivity (Wildman–Crippen MR) is 113 cm³/mol. The Labute approximate surface area is 181 Å². The molecular formula is C23H20N2O7. The molecule has 2 aromatic carbocycles. The van der Waals surface area contributed by atoms with Crippen molar-refractivity contribution in [3.8, 4) is 0 Å². The number of rotatable bonds is 5. The van der Waals surface area contributed by atoms with Crippen molar-refractivity contribution < 1.29 is 24.5 Å². The molecule has 1 aliphatic heterocycles. The van der Waals surface area contributed by atoms with E-state index in [1.165, 1.54) is 24.3 Å². The van der Waals surface area contributed by atoms with Crippen molar-refractivity contribution in [1.29, 1.82) is 0 Å². The quantitative estimate of drug-likeness (QED) is 0.560. The van der Waals surface area contributed by atoms with E-state index in [4.69, 9.17) is 4.74 Å². The summed E-state index contributed by atoms with van der Waals surface area (Å²) >= 11 is 0. The predicted octanol–water partition coefficient (Wildman–Crippen LogP) is 0.570. The molecule has 1 aliphatic rings. The molecule has 9 heteroatoms. The molecule has 4 rings (SSSR count). The van der Waals surface area contributed by atoms with E-state index in [1.807, 2.05) is 0 Å². The Bertz CT molecular complexity index is 1260. The number of nitrogens with zero attached hydrogens (tertiary/aromatic N) is 2. The molecule has 1 fully saturated rings. The summed E-state index contributed by atoms with van der Waals surface area (Å²) in [5, 5.41) is 19.4. The fourth-order valence-corrected chi connectivity index (χ4v) is 3.62. The highest BCUT2D eigenvalue weighted by Crippen LogP contribution is 2.27. The Hall–Kier alpha value is -3.66. The molecular weight excluding hydrogens is 416 g/mol. The maximum absolute atomic E-state index is 13.2.